The molecule has 1 atom stereocenters. The number of carbonyl (C=O) groups is 1. The average molecular weight is 249 g/mol. The van der Waals surface area contributed by atoms with E-state index >= 15 is 0 Å². The molecule has 4 N–H and O–H groups in total. The number of carboxylic acids is 1. The zero-order valence-electron chi connectivity index (χ0n) is 9.87. The van der Waals surface area contributed by atoms with Crippen LogP contribution in [0.2, 0.25) is 0 Å². The highest BCUT2D eigenvalue weighted by atomic mass is 16.4. The maximum atomic E-state index is 9.45. The molecule has 1 aromatic carbocycles. The lowest BCUT2D eigenvalue weighted by molar-refractivity contribution is -0.145. The van der Waals surface area contributed by atoms with Gasteiger partial charge in [0.2, 0.25) is 0 Å². The zero-order valence-corrected chi connectivity index (χ0v) is 9.87. The van der Waals surface area contributed by atoms with Gasteiger partial charge in [-0.05, 0) is 12.5 Å². The van der Waals surface area contributed by atoms with Gasteiger partial charge in [0, 0.05) is 18.0 Å². The first-order valence-corrected chi connectivity index (χ1v) is 5.34. The number of aliphatic hydroxyl groups excluding tert-OH is 1. The summed E-state index contributed by atoms with van der Waals surface area (Å²) in [5.41, 5.74) is 2.02. The van der Waals surface area contributed by atoms with Gasteiger partial charge in [-0.3, -0.25) is 0 Å². The predicted octanol–water partition coefficient (Wildman–Crippen LogP) is 1.84. The molecule has 1 aromatic heterocycles. The number of aromatic hydroxyl groups is 1. The van der Waals surface area contributed by atoms with Crippen LogP contribution < -0.4 is 0 Å². The number of rotatable bonds is 2. The first-order chi connectivity index (χ1) is 8.50. The molecule has 0 radical (unpaired) electrons. The standard InChI is InChI=1S/C10H9NO.C3H6O3/c12-9-6-10(11-7-9)8-4-2-1-3-5-8;1-2(4)3(5)6/h1-7,11-12H;2,4H,1H3,(H,5,6). The minimum Gasteiger partial charge on any atom is -0.506 e. The summed E-state index contributed by atoms with van der Waals surface area (Å²) >= 11 is 0. The van der Waals surface area contributed by atoms with E-state index in [9.17, 15) is 4.79 Å². The van der Waals surface area contributed by atoms with E-state index in [1.165, 1.54) is 6.92 Å². The van der Waals surface area contributed by atoms with Crippen LogP contribution in [-0.4, -0.2) is 32.4 Å². The molecule has 0 fully saturated rings. The van der Waals surface area contributed by atoms with Gasteiger partial charge in [-0.25, -0.2) is 4.79 Å². The van der Waals surface area contributed by atoms with E-state index in [2.05, 4.69) is 4.98 Å². The van der Waals surface area contributed by atoms with Gasteiger partial charge >= 0.3 is 5.97 Å². The summed E-state index contributed by atoms with van der Waals surface area (Å²) in [6, 6.07) is 11.6. The highest BCUT2D eigenvalue weighted by molar-refractivity contribution is 5.71. The molecule has 96 valence electrons. The van der Waals surface area contributed by atoms with Gasteiger partial charge in [0.25, 0.3) is 0 Å². The first kappa shape index (κ1) is 13.8. The summed E-state index contributed by atoms with van der Waals surface area (Å²) < 4.78 is 0. The number of aromatic nitrogens is 1. The van der Waals surface area contributed by atoms with E-state index < -0.39 is 12.1 Å². The van der Waals surface area contributed by atoms with Gasteiger partial charge < -0.3 is 20.3 Å². The minimum absolute atomic E-state index is 0.272. The van der Waals surface area contributed by atoms with E-state index in [4.69, 9.17) is 15.3 Å². The lowest BCUT2D eigenvalue weighted by Gasteiger charge is -1.94. The molecule has 5 nitrogen and oxygen atoms in total. The van der Waals surface area contributed by atoms with Crippen molar-refractivity contribution in [1.29, 1.82) is 0 Å². The number of hydrogen-bond acceptors (Lipinski definition) is 3. The quantitative estimate of drug-likeness (QED) is 0.653. The van der Waals surface area contributed by atoms with Crippen molar-refractivity contribution < 1.29 is 20.1 Å². The molecule has 0 aliphatic carbocycles. The summed E-state index contributed by atoms with van der Waals surface area (Å²) in [5.74, 6) is -0.913. The van der Waals surface area contributed by atoms with Crippen LogP contribution in [0.4, 0.5) is 0 Å². The summed E-state index contributed by atoms with van der Waals surface area (Å²) in [6.45, 7) is 1.20. The van der Waals surface area contributed by atoms with Crippen LogP contribution in [0.5, 0.6) is 5.75 Å². The number of carboxylic acid groups (broad SMARTS) is 1. The summed E-state index contributed by atoms with van der Waals surface area (Å²) in [6.07, 6.45) is 0.340. The van der Waals surface area contributed by atoms with Gasteiger partial charge in [-0.2, -0.15) is 0 Å². The Morgan fingerprint density at radius 2 is 1.83 bits per heavy atom. The number of hydrogen-bond donors (Lipinski definition) is 4. The van der Waals surface area contributed by atoms with Crippen LogP contribution >= 0.6 is 0 Å². The lowest BCUT2D eigenvalue weighted by Crippen LogP contribution is -2.13. The smallest absolute Gasteiger partial charge is 0.332 e. The molecular formula is C13H15NO4. The molecule has 0 spiro atoms. The molecule has 2 aromatic rings. The Morgan fingerprint density at radius 1 is 1.28 bits per heavy atom. The third kappa shape index (κ3) is 4.31. The summed E-state index contributed by atoms with van der Waals surface area (Å²) in [4.78, 5) is 12.4. The number of aliphatic hydroxyl groups is 1. The second kappa shape index (κ2) is 6.46. The topological polar surface area (TPSA) is 93.6 Å². The van der Waals surface area contributed by atoms with Crippen LogP contribution in [0.1, 0.15) is 6.92 Å². The maximum absolute atomic E-state index is 9.45. The van der Waals surface area contributed by atoms with E-state index in [0.29, 0.717) is 0 Å². The van der Waals surface area contributed by atoms with Crippen molar-refractivity contribution in [1.82, 2.24) is 4.98 Å². The number of H-pyrrole nitrogens is 1. The SMILES string of the molecule is CC(O)C(=O)O.Oc1c[nH]c(-c2ccccc2)c1. The van der Waals surface area contributed by atoms with Gasteiger partial charge in [-0.1, -0.05) is 30.3 Å². The largest absolute Gasteiger partial charge is 0.506 e. The maximum Gasteiger partial charge on any atom is 0.332 e. The van der Waals surface area contributed by atoms with E-state index in [1.807, 2.05) is 30.3 Å². The summed E-state index contributed by atoms with van der Waals surface area (Å²) in [5, 5.41) is 24.9. The molecule has 0 saturated heterocycles. The van der Waals surface area contributed by atoms with Crippen LogP contribution in [0.15, 0.2) is 42.6 Å². The lowest BCUT2D eigenvalue weighted by atomic mass is 10.2. The Balaban J connectivity index is 0.000000232. The third-order valence-corrected chi connectivity index (χ3v) is 2.11. The number of aromatic amines is 1. The second-order valence-corrected chi connectivity index (χ2v) is 3.65. The van der Waals surface area contributed by atoms with Gasteiger partial charge in [0.05, 0.1) is 0 Å². The van der Waals surface area contributed by atoms with Crippen molar-refractivity contribution >= 4 is 5.97 Å². The Labute approximate surface area is 104 Å². The molecule has 18 heavy (non-hydrogen) atoms. The fourth-order valence-corrected chi connectivity index (χ4v) is 1.17. The number of nitrogens with one attached hydrogen (secondary N) is 1. The van der Waals surface area contributed by atoms with Crippen LogP contribution in [0, 0.1) is 0 Å². The Bertz CT molecular complexity index is 491. The van der Waals surface area contributed by atoms with Crippen LogP contribution in [0.25, 0.3) is 11.3 Å². The molecule has 0 aliphatic heterocycles. The monoisotopic (exact) mass is 249 g/mol. The van der Waals surface area contributed by atoms with Crippen molar-refractivity contribution in [2.75, 3.05) is 0 Å². The Hall–Kier alpha value is -2.27. The van der Waals surface area contributed by atoms with Crippen LogP contribution in [0.3, 0.4) is 0 Å². The number of benzene rings is 1. The third-order valence-electron chi connectivity index (χ3n) is 2.11. The molecule has 5 heteroatoms. The highest BCUT2D eigenvalue weighted by Gasteiger charge is 2.01. The van der Waals surface area contributed by atoms with Gasteiger partial charge in [0.1, 0.15) is 11.9 Å². The van der Waals surface area contributed by atoms with Gasteiger partial charge in [-0.15, -0.1) is 0 Å². The fourth-order valence-electron chi connectivity index (χ4n) is 1.17. The average Bonchev–Trinajstić information content (AvgIpc) is 2.78. The summed E-state index contributed by atoms with van der Waals surface area (Å²) in [7, 11) is 0. The second-order valence-electron chi connectivity index (χ2n) is 3.65. The number of aliphatic carboxylic acids is 1. The normalized spacial score (nSPS) is 11.2. The highest BCUT2D eigenvalue weighted by Crippen LogP contribution is 2.21. The molecule has 0 bridgehead atoms. The van der Waals surface area contributed by atoms with Crippen molar-refractivity contribution in [3.63, 3.8) is 0 Å². The molecule has 0 amide bonds. The molecule has 0 saturated carbocycles. The molecule has 2 rings (SSSR count). The zero-order chi connectivity index (χ0) is 13.5. The van der Waals surface area contributed by atoms with Crippen molar-refractivity contribution in [2.24, 2.45) is 0 Å². The molecule has 1 unspecified atom stereocenters. The van der Waals surface area contributed by atoms with E-state index in [0.717, 1.165) is 11.3 Å². The molecular weight excluding hydrogens is 234 g/mol. The molecule has 0 aliphatic rings. The molecule has 1 heterocycles. The predicted molar refractivity (Wildman–Crippen MR) is 67.2 cm³/mol. The minimum atomic E-state index is -1.23. The van der Waals surface area contributed by atoms with Crippen molar-refractivity contribution in [2.45, 2.75) is 13.0 Å². The van der Waals surface area contributed by atoms with Crippen LogP contribution in [-0.2, 0) is 4.79 Å². The Kier molecular flexibility index (Phi) is 4.95. The van der Waals surface area contributed by atoms with Crippen molar-refractivity contribution in [3.05, 3.63) is 42.6 Å². The fraction of sp³-hybridized carbons (Fsp3) is 0.154. The van der Waals surface area contributed by atoms with Gasteiger partial charge in [0.15, 0.2) is 0 Å². The Morgan fingerprint density at radius 3 is 2.22 bits per heavy atom. The first-order valence-electron chi connectivity index (χ1n) is 5.34. The van der Waals surface area contributed by atoms with Crippen molar-refractivity contribution in [3.8, 4) is 17.0 Å². The van der Waals surface area contributed by atoms with E-state index in [1.54, 1.807) is 12.3 Å². The van der Waals surface area contributed by atoms with E-state index in [-0.39, 0.29) is 5.75 Å².